The Morgan fingerprint density at radius 2 is 1.83 bits per heavy atom. The van der Waals surface area contributed by atoms with Crippen LogP contribution in [0, 0.1) is 11.6 Å². The van der Waals surface area contributed by atoms with Crippen molar-refractivity contribution in [1.29, 1.82) is 0 Å². The van der Waals surface area contributed by atoms with E-state index in [1.165, 1.54) is 18.2 Å². The maximum Gasteiger partial charge on any atom is 0.307 e. The Hall–Kier alpha value is -3.74. The lowest BCUT2D eigenvalue weighted by Crippen LogP contribution is -2.36. The molecule has 182 valence electrons. The van der Waals surface area contributed by atoms with Crippen molar-refractivity contribution in [2.24, 2.45) is 0 Å². The van der Waals surface area contributed by atoms with Gasteiger partial charge in [-0.25, -0.2) is 8.78 Å². The summed E-state index contributed by atoms with van der Waals surface area (Å²) in [6.07, 6.45) is 0.871. The van der Waals surface area contributed by atoms with E-state index in [1.54, 1.807) is 41.3 Å². The number of hydrogen-bond acceptors (Lipinski definition) is 3. The minimum atomic E-state index is -0.948. The molecule has 1 aliphatic heterocycles. The van der Waals surface area contributed by atoms with Crippen LogP contribution in [0.3, 0.4) is 0 Å². The van der Waals surface area contributed by atoms with Crippen molar-refractivity contribution in [2.75, 3.05) is 13.2 Å². The average molecular weight is 480 g/mol. The number of hydrogen-bond donors (Lipinski definition) is 1. The van der Waals surface area contributed by atoms with Gasteiger partial charge in [-0.15, -0.1) is 0 Å². The second-order valence-electron chi connectivity index (χ2n) is 8.58. The Morgan fingerprint density at radius 1 is 1.00 bits per heavy atom. The van der Waals surface area contributed by atoms with E-state index in [4.69, 9.17) is 4.74 Å². The predicted octanol–water partition coefficient (Wildman–Crippen LogP) is 5.18. The van der Waals surface area contributed by atoms with E-state index in [0.29, 0.717) is 54.0 Å². The van der Waals surface area contributed by atoms with Crippen LogP contribution in [0.2, 0.25) is 0 Å². The number of carbonyl (C=O) groups is 2. The van der Waals surface area contributed by atoms with Gasteiger partial charge in [0.25, 0.3) is 0 Å². The van der Waals surface area contributed by atoms with Gasteiger partial charge in [0.15, 0.2) is 0 Å². The van der Waals surface area contributed by atoms with Crippen LogP contribution in [0.1, 0.15) is 35.6 Å². The second kappa shape index (κ2) is 10.7. The van der Waals surface area contributed by atoms with Crippen molar-refractivity contribution in [3.8, 4) is 16.9 Å². The first-order valence-electron chi connectivity index (χ1n) is 11.7. The number of rotatable bonds is 8. The Labute approximate surface area is 203 Å². The first kappa shape index (κ1) is 24.4. The summed E-state index contributed by atoms with van der Waals surface area (Å²) in [4.78, 5) is 26.0. The fourth-order valence-electron chi connectivity index (χ4n) is 4.55. The number of fused-ring (bicyclic) bond motifs is 1. The monoisotopic (exact) mass is 479 g/mol. The van der Waals surface area contributed by atoms with Crippen molar-refractivity contribution < 1.29 is 28.2 Å². The molecule has 0 saturated carbocycles. The molecule has 0 fully saturated rings. The highest BCUT2D eigenvalue weighted by atomic mass is 19.1. The largest absolute Gasteiger partial charge is 0.493 e. The van der Waals surface area contributed by atoms with Gasteiger partial charge >= 0.3 is 5.97 Å². The highest BCUT2D eigenvalue weighted by Crippen LogP contribution is 2.38. The molecule has 0 aromatic heterocycles. The normalized spacial score (nSPS) is 12.8. The van der Waals surface area contributed by atoms with Gasteiger partial charge in [-0.2, -0.15) is 0 Å². The molecule has 0 atom stereocenters. The molecule has 5 nitrogen and oxygen atoms in total. The van der Waals surface area contributed by atoms with Crippen molar-refractivity contribution in [3.05, 3.63) is 88.5 Å². The maximum absolute atomic E-state index is 14.8. The zero-order valence-electron chi connectivity index (χ0n) is 19.5. The van der Waals surface area contributed by atoms with Crippen LogP contribution in [-0.2, 0) is 35.4 Å². The van der Waals surface area contributed by atoms with Gasteiger partial charge in [0.2, 0.25) is 5.91 Å². The molecule has 35 heavy (non-hydrogen) atoms. The van der Waals surface area contributed by atoms with Crippen LogP contribution in [0.5, 0.6) is 5.75 Å². The van der Waals surface area contributed by atoms with E-state index in [2.05, 4.69) is 0 Å². The standard InChI is InChI=1S/C28H27F2NO4/c1-2-35-26-10-6-19(16-28(33)34)15-23(26)21-8-9-25(30)22-12-13-31(17-24(21)22)27(32)11-7-18-4-3-5-20(29)14-18/h3-6,8-10,14-15H,2,7,11-13,16-17H2,1H3,(H,33,34). The molecule has 0 spiro atoms. The van der Waals surface area contributed by atoms with Gasteiger partial charge in [0.05, 0.1) is 13.0 Å². The van der Waals surface area contributed by atoms with Crippen LogP contribution in [0.15, 0.2) is 54.6 Å². The molecule has 3 aromatic carbocycles. The zero-order chi connectivity index (χ0) is 24.9. The topological polar surface area (TPSA) is 66.8 Å². The number of carboxylic acids is 1. The lowest BCUT2D eigenvalue weighted by atomic mass is 9.89. The van der Waals surface area contributed by atoms with Crippen molar-refractivity contribution in [1.82, 2.24) is 4.90 Å². The molecule has 0 radical (unpaired) electrons. The molecule has 4 rings (SSSR count). The maximum atomic E-state index is 14.8. The van der Waals surface area contributed by atoms with E-state index in [1.807, 2.05) is 6.92 Å². The molecule has 1 amide bonds. The summed E-state index contributed by atoms with van der Waals surface area (Å²) in [6, 6.07) is 14.5. The van der Waals surface area contributed by atoms with Gasteiger partial charge in [-0.1, -0.05) is 24.3 Å². The minimum Gasteiger partial charge on any atom is -0.493 e. The summed E-state index contributed by atoms with van der Waals surface area (Å²) in [5.74, 6) is -1.12. The molecular weight excluding hydrogens is 452 g/mol. The molecule has 0 bridgehead atoms. The van der Waals surface area contributed by atoms with E-state index in [9.17, 15) is 23.5 Å². The Balaban J connectivity index is 1.64. The number of benzene rings is 3. The summed E-state index contributed by atoms with van der Waals surface area (Å²) in [7, 11) is 0. The highest BCUT2D eigenvalue weighted by Gasteiger charge is 2.26. The third-order valence-corrected chi connectivity index (χ3v) is 6.21. The Kier molecular flexibility index (Phi) is 7.44. The van der Waals surface area contributed by atoms with E-state index < -0.39 is 5.97 Å². The smallest absolute Gasteiger partial charge is 0.307 e. The third-order valence-electron chi connectivity index (χ3n) is 6.21. The summed E-state index contributed by atoms with van der Waals surface area (Å²) >= 11 is 0. The highest BCUT2D eigenvalue weighted by molar-refractivity contribution is 5.80. The molecular formula is C28H27F2NO4. The van der Waals surface area contributed by atoms with Gasteiger partial charge in [0.1, 0.15) is 17.4 Å². The number of aliphatic carboxylic acids is 1. The number of halogens is 2. The summed E-state index contributed by atoms with van der Waals surface area (Å²) < 4.78 is 34.0. The van der Waals surface area contributed by atoms with Crippen molar-refractivity contribution in [2.45, 2.75) is 39.2 Å². The van der Waals surface area contributed by atoms with Crippen LogP contribution in [0.25, 0.3) is 11.1 Å². The number of amides is 1. The summed E-state index contributed by atoms with van der Waals surface area (Å²) in [5, 5.41) is 9.23. The third kappa shape index (κ3) is 5.67. The number of aryl methyl sites for hydroxylation is 1. The Morgan fingerprint density at radius 3 is 2.57 bits per heavy atom. The number of nitrogens with zero attached hydrogens (tertiary/aromatic N) is 1. The molecule has 1 aliphatic rings. The lowest BCUT2D eigenvalue weighted by molar-refractivity contribution is -0.136. The van der Waals surface area contributed by atoms with E-state index in [-0.39, 0.29) is 36.9 Å². The average Bonchev–Trinajstić information content (AvgIpc) is 2.83. The van der Waals surface area contributed by atoms with E-state index in [0.717, 1.165) is 11.1 Å². The van der Waals surface area contributed by atoms with Crippen LogP contribution >= 0.6 is 0 Å². The summed E-state index contributed by atoms with van der Waals surface area (Å²) in [6.45, 7) is 2.90. The van der Waals surface area contributed by atoms with Crippen molar-refractivity contribution >= 4 is 11.9 Å². The first-order valence-corrected chi connectivity index (χ1v) is 11.7. The number of ether oxygens (including phenoxy) is 1. The minimum absolute atomic E-state index is 0.0835. The zero-order valence-corrected chi connectivity index (χ0v) is 19.5. The van der Waals surface area contributed by atoms with Crippen LogP contribution < -0.4 is 4.74 Å². The quantitative estimate of drug-likeness (QED) is 0.484. The lowest BCUT2D eigenvalue weighted by Gasteiger charge is -2.31. The fraction of sp³-hybridized carbons (Fsp3) is 0.286. The molecule has 0 unspecified atom stereocenters. The molecule has 7 heteroatoms. The molecule has 0 saturated heterocycles. The van der Waals surface area contributed by atoms with Gasteiger partial charge in [-0.3, -0.25) is 9.59 Å². The SMILES string of the molecule is CCOc1ccc(CC(=O)O)cc1-c1ccc(F)c2c1CN(C(=O)CCc1cccc(F)c1)CC2. The fourth-order valence-corrected chi connectivity index (χ4v) is 4.55. The molecule has 0 aliphatic carbocycles. The Bertz CT molecular complexity index is 1260. The number of carbonyl (C=O) groups excluding carboxylic acids is 1. The van der Waals surface area contributed by atoms with Crippen LogP contribution in [-0.4, -0.2) is 35.0 Å². The van der Waals surface area contributed by atoms with Gasteiger partial charge in [-0.05, 0) is 77.9 Å². The first-order chi connectivity index (χ1) is 16.9. The van der Waals surface area contributed by atoms with Gasteiger partial charge in [0, 0.05) is 25.1 Å². The summed E-state index contributed by atoms with van der Waals surface area (Å²) in [5.41, 5.74) is 4.01. The molecule has 1 heterocycles. The van der Waals surface area contributed by atoms with E-state index >= 15 is 0 Å². The predicted molar refractivity (Wildman–Crippen MR) is 128 cm³/mol. The molecule has 3 aromatic rings. The van der Waals surface area contributed by atoms with Crippen LogP contribution in [0.4, 0.5) is 8.78 Å². The molecule has 1 N–H and O–H groups in total. The van der Waals surface area contributed by atoms with Gasteiger partial charge < -0.3 is 14.7 Å². The number of carboxylic acid groups (broad SMARTS) is 1. The second-order valence-corrected chi connectivity index (χ2v) is 8.58. The van der Waals surface area contributed by atoms with Crippen molar-refractivity contribution in [3.63, 3.8) is 0 Å².